The minimum Gasteiger partial charge on any atom is -0.457 e. The van der Waals surface area contributed by atoms with E-state index in [-0.39, 0.29) is 0 Å². The molecule has 0 aliphatic heterocycles. The number of carbonyl (C=O) groups is 1. The van der Waals surface area contributed by atoms with Crippen molar-refractivity contribution in [3.05, 3.63) is 41.0 Å². The summed E-state index contributed by atoms with van der Waals surface area (Å²) in [5.41, 5.74) is -0.475. The van der Waals surface area contributed by atoms with Gasteiger partial charge in [-0.3, -0.25) is 0 Å². The van der Waals surface area contributed by atoms with Crippen molar-refractivity contribution in [3.63, 3.8) is 0 Å². The number of hydrogen-bond acceptors (Lipinski definition) is 2. The van der Waals surface area contributed by atoms with Crippen LogP contribution >= 0.6 is 0 Å². The molecular formula is C15H17F3O2. The standard InChI is InChI=1S/C15H17F3O2/c1-10(13(19)20-14(2,3)4)9-11-5-7-12(8-6-11)15(16,17)18/h5-9H,1-4H3/b10-9+. The molecule has 0 N–H and O–H groups in total. The van der Waals surface area contributed by atoms with Gasteiger partial charge in [0.1, 0.15) is 5.60 Å². The molecule has 0 unspecified atom stereocenters. The second-order valence-corrected chi connectivity index (χ2v) is 5.45. The molecule has 1 aromatic carbocycles. The highest BCUT2D eigenvalue weighted by Crippen LogP contribution is 2.29. The number of halogens is 3. The average Bonchev–Trinajstić information content (AvgIpc) is 2.26. The number of hydrogen-bond donors (Lipinski definition) is 0. The highest BCUT2D eigenvalue weighted by atomic mass is 19.4. The number of benzene rings is 1. The van der Waals surface area contributed by atoms with E-state index >= 15 is 0 Å². The van der Waals surface area contributed by atoms with Crippen LogP contribution in [-0.2, 0) is 15.7 Å². The number of ether oxygens (including phenoxy) is 1. The van der Waals surface area contributed by atoms with Gasteiger partial charge in [0.25, 0.3) is 0 Å². The maximum absolute atomic E-state index is 12.4. The quantitative estimate of drug-likeness (QED) is 0.593. The maximum atomic E-state index is 12.4. The predicted molar refractivity (Wildman–Crippen MR) is 70.9 cm³/mol. The third-order valence-corrected chi connectivity index (χ3v) is 2.34. The normalized spacial score (nSPS) is 13.2. The smallest absolute Gasteiger partial charge is 0.416 e. The van der Waals surface area contributed by atoms with E-state index in [9.17, 15) is 18.0 Å². The van der Waals surface area contributed by atoms with E-state index in [0.29, 0.717) is 11.1 Å². The van der Waals surface area contributed by atoms with E-state index in [4.69, 9.17) is 4.74 Å². The minimum atomic E-state index is -4.36. The van der Waals surface area contributed by atoms with Gasteiger partial charge >= 0.3 is 12.1 Å². The van der Waals surface area contributed by atoms with Crippen LogP contribution in [0.1, 0.15) is 38.8 Å². The van der Waals surface area contributed by atoms with Gasteiger partial charge < -0.3 is 4.74 Å². The lowest BCUT2D eigenvalue weighted by Crippen LogP contribution is -2.24. The number of alkyl halides is 3. The minimum absolute atomic E-state index is 0.333. The van der Waals surface area contributed by atoms with E-state index in [1.807, 2.05) is 0 Å². The van der Waals surface area contributed by atoms with Crippen LogP contribution in [0.15, 0.2) is 29.8 Å². The fourth-order valence-corrected chi connectivity index (χ4v) is 1.44. The van der Waals surface area contributed by atoms with Gasteiger partial charge in [-0.25, -0.2) is 4.79 Å². The monoisotopic (exact) mass is 286 g/mol. The fourth-order valence-electron chi connectivity index (χ4n) is 1.44. The van der Waals surface area contributed by atoms with Crippen LogP contribution in [0.2, 0.25) is 0 Å². The van der Waals surface area contributed by atoms with E-state index in [2.05, 4.69) is 0 Å². The molecule has 0 aromatic heterocycles. The van der Waals surface area contributed by atoms with Crippen molar-refractivity contribution >= 4 is 12.0 Å². The summed E-state index contributed by atoms with van der Waals surface area (Å²) in [5, 5.41) is 0. The Balaban J connectivity index is 2.86. The summed E-state index contributed by atoms with van der Waals surface area (Å²) < 4.78 is 42.4. The Bertz CT molecular complexity index is 505. The van der Waals surface area contributed by atoms with Crippen LogP contribution in [-0.4, -0.2) is 11.6 Å². The van der Waals surface area contributed by atoms with Crippen LogP contribution in [0.5, 0.6) is 0 Å². The lowest BCUT2D eigenvalue weighted by Gasteiger charge is -2.19. The van der Waals surface area contributed by atoms with E-state index in [0.717, 1.165) is 12.1 Å². The third kappa shape index (κ3) is 5.07. The fraction of sp³-hybridized carbons (Fsp3) is 0.400. The van der Waals surface area contributed by atoms with Gasteiger partial charge in [0.15, 0.2) is 0 Å². The van der Waals surface area contributed by atoms with E-state index < -0.39 is 23.3 Å². The topological polar surface area (TPSA) is 26.3 Å². The molecule has 0 saturated carbocycles. The van der Waals surface area contributed by atoms with Gasteiger partial charge in [0.2, 0.25) is 0 Å². The first-order valence-electron chi connectivity index (χ1n) is 6.08. The summed E-state index contributed by atoms with van der Waals surface area (Å²) in [6.07, 6.45) is -2.86. The average molecular weight is 286 g/mol. The molecule has 0 saturated heterocycles. The summed E-state index contributed by atoms with van der Waals surface area (Å²) in [7, 11) is 0. The molecule has 110 valence electrons. The van der Waals surface area contributed by atoms with Crippen molar-refractivity contribution in [3.8, 4) is 0 Å². The largest absolute Gasteiger partial charge is 0.457 e. The second kappa shape index (κ2) is 5.69. The SMILES string of the molecule is C/C(=C\c1ccc(C(F)(F)F)cc1)C(=O)OC(C)(C)C. The highest BCUT2D eigenvalue weighted by Gasteiger charge is 2.29. The van der Waals surface area contributed by atoms with Crippen molar-refractivity contribution in [1.82, 2.24) is 0 Å². The highest BCUT2D eigenvalue weighted by molar-refractivity contribution is 5.93. The second-order valence-electron chi connectivity index (χ2n) is 5.45. The van der Waals surface area contributed by atoms with E-state index in [1.54, 1.807) is 27.7 Å². The van der Waals surface area contributed by atoms with Gasteiger partial charge in [0.05, 0.1) is 5.56 Å². The first-order chi connectivity index (χ1) is 8.99. The molecule has 0 bridgehead atoms. The Morgan fingerprint density at radius 3 is 2.00 bits per heavy atom. The zero-order chi connectivity index (χ0) is 15.6. The van der Waals surface area contributed by atoms with Gasteiger partial charge in [-0.15, -0.1) is 0 Å². The molecule has 0 amide bonds. The van der Waals surface area contributed by atoms with Crippen molar-refractivity contribution in [2.45, 2.75) is 39.5 Å². The molecule has 1 rings (SSSR count). The molecular weight excluding hydrogens is 269 g/mol. The molecule has 0 fully saturated rings. The van der Waals surface area contributed by atoms with Crippen LogP contribution in [0.25, 0.3) is 6.08 Å². The van der Waals surface area contributed by atoms with Crippen LogP contribution in [0.4, 0.5) is 13.2 Å². The van der Waals surface area contributed by atoms with Crippen LogP contribution < -0.4 is 0 Å². The Morgan fingerprint density at radius 1 is 1.10 bits per heavy atom. The molecule has 20 heavy (non-hydrogen) atoms. The molecule has 0 aliphatic carbocycles. The van der Waals surface area contributed by atoms with Gasteiger partial charge in [-0.2, -0.15) is 13.2 Å². The van der Waals surface area contributed by atoms with Crippen LogP contribution in [0.3, 0.4) is 0 Å². The molecule has 0 aliphatic rings. The zero-order valence-corrected chi connectivity index (χ0v) is 11.8. The van der Waals surface area contributed by atoms with E-state index in [1.165, 1.54) is 18.2 Å². The number of esters is 1. The summed E-state index contributed by atoms with van der Waals surface area (Å²) in [6, 6.07) is 4.59. The van der Waals surface area contributed by atoms with Crippen molar-refractivity contribution < 1.29 is 22.7 Å². The summed E-state index contributed by atoms with van der Waals surface area (Å²) in [5.74, 6) is -0.489. The molecule has 0 radical (unpaired) electrons. The molecule has 2 nitrogen and oxygen atoms in total. The molecule has 1 aromatic rings. The third-order valence-electron chi connectivity index (χ3n) is 2.34. The Hall–Kier alpha value is -1.78. The number of carbonyl (C=O) groups excluding carboxylic acids is 1. The van der Waals surface area contributed by atoms with Crippen LogP contribution in [0, 0.1) is 0 Å². The molecule has 0 spiro atoms. The molecule has 5 heteroatoms. The first-order valence-corrected chi connectivity index (χ1v) is 6.08. The Labute approximate surface area is 116 Å². The summed E-state index contributed by atoms with van der Waals surface area (Å²) >= 11 is 0. The zero-order valence-electron chi connectivity index (χ0n) is 11.8. The predicted octanol–water partition coefficient (Wildman–Crippen LogP) is 4.45. The van der Waals surface area contributed by atoms with Gasteiger partial charge in [0, 0.05) is 5.57 Å². The first kappa shape index (κ1) is 16.3. The summed E-state index contributed by atoms with van der Waals surface area (Å²) in [6.45, 7) is 6.80. The molecule has 0 atom stereocenters. The maximum Gasteiger partial charge on any atom is 0.416 e. The Kier molecular flexibility index (Phi) is 4.63. The van der Waals surface area contributed by atoms with Gasteiger partial charge in [-0.05, 0) is 51.5 Å². The Morgan fingerprint density at radius 2 is 1.60 bits per heavy atom. The summed E-state index contributed by atoms with van der Waals surface area (Å²) in [4.78, 5) is 11.7. The molecule has 0 heterocycles. The lowest BCUT2D eigenvalue weighted by atomic mass is 10.1. The lowest BCUT2D eigenvalue weighted by molar-refractivity contribution is -0.149. The van der Waals surface area contributed by atoms with Crippen molar-refractivity contribution in [2.24, 2.45) is 0 Å². The number of rotatable bonds is 2. The van der Waals surface area contributed by atoms with Gasteiger partial charge in [-0.1, -0.05) is 12.1 Å². The van der Waals surface area contributed by atoms with Crippen molar-refractivity contribution in [1.29, 1.82) is 0 Å². The van der Waals surface area contributed by atoms with Crippen molar-refractivity contribution in [2.75, 3.05) is 0 Å².